The van der Waals surface area contributed by atoms with Crippen molar-refractivity contribution >= 4 is 21.6 Å². The first-order valence-corrected chi connectivity index (χ1v) is 11.1. The number of nitrogens with zero attached hydrogens (tertiary/aromatic N) is 2. The lowest BCUT2D eigenvalue weighted by Gasteiger charge is -2.31. The minimum absolute atomic E-state index is 0.0682. The standard InChI is InChI=1S/C21H26N2O7S/c1-27-17-6-4-16(5-7-17)23(15-21(24)22-10-12-30-13-11-22)31(25,26)20-9-8-18(28-2)14-19(20)29-3/h4-9,14H,10-13,15H2,1-3H3. The van der Waals surface area contributed by atoms with Gasteiger partial charge in [0.2, 0.25) is 5.91 Å². The van der Waals surface area contributed by atoms with Crippen LogP contribution < -0.4 is 18.5 Å². The second-order valence-electron chi connectivity index (χ2n) is 6.72. The average Bonchev–Trinajstić information content (AvgIpc) is 2.82. The fraction of sp³-hybridized carbons (Fsp3) is 0.381. The van der Waals surface area contributed by atoms with Crippen molar-refractivity contribution in [1.29, 1.82) is 0 Å². The number of amides is 1. The van der Waals surface area contributed by atoms with Crippen molar-refractivity contribution in [2.75, 3.05) is 58.5 Å². The van der Waals surface area contributed by atoms with E-state index in [0.29, 0.717) is 43.5 Å². The highest BCUT2D eigenvalue weighted by atomic mass is 32.2. The molecule has 1 saturated heterocycles. The molecule has 0 aliphatic carbocycles. The number of morpholine rings is 1. The summed E-state index contributed by atoms with van der Waals surface area (Å²) < 4.78 is 49.3. The predicted molar refractivity (Wildman–Crippen MR) is 114 cm³/mol. The zero-order valence-corrected chi connectivity index (χ0v) is 18.6. The van der Waals surface area contributed by atoms with Crippen LogP contribution in [0.2, 0.25) is 0 Å². The van der Waals surface area contributed by atoms with Crippen molar-refractivity contribution in [2.24, 2.45) is 0 Å². The van der Waals surface area contributed by atoms with Gasteiger partial charge in [-0.15, -0.1) is 0 Å². The van der Waals surface area contributed by atoms with Gasteiger partial charge in [-0.2, -0.15) is 0 Å². The van der Waals surface area contributed by atoms with E-state index in [-0.39, 0.29) is 23.1 Å². The minimum atomic E-state index is -4.14. The predicted octanol–water partition coefficient (Wildman–Crippen LogP) is 1.77. The molecule has 31 heavy (non-hydrogen) atoms. The van der Waals surface area contributed by atoms with Gasteiger partial charge in [-0.3, -0.25) is 9.10 Å². The van der Waals surface area contributed by atoms with Gasteiger partial charge < -0.3 is 23.8 Å². The smallest absolute Gasteiger partial charge is 0.268 e. The van der Waals surface area contributed by atoms with E-state index >= 15 is 0 Å². The maximum atomic E-state index is 13.7. The van der Waals surface area contributed by atoms with E-state index in [1.165, 1.54) is 39.5 Å². The van der Waals surface area contributed by atoms with Crippen LogP contribution in [0.4, 0.5) is 5.69 Å². The molecular formula is C21H26N2O7S. The number of hydrogen-bond donors (Lipinski definition) is 0. The highest BCUT2D eigenvalue weighted by molar-refractivity contribution is 7.93. The molecule has 1 heterocycles. The highest BCUT2D eigenvalue weighted by Crippen LogP contribution is 2.33. The normalized spacial score (nSPS) is 14.1. The Morgan fingerprint density at radius 3 is 2.16 bits per heavy atom. The molecule has 10 heteroatoms. The maximum Gasteiger partial charge on any atom is 0.268 e. The Bertz CT molecular complexity index is 1000. The number of carbonyl (C=O) groups excluding carboxylic acids is 1. The molecule has 1 aliphatic rings. The van der Waals surface area contributed by atoms with Crippen molar-refractivity contribution in [2.45, 2.75) is 4.90 Å². The molecule has 0 saturated carbocycles. The van der Waals surface area contributed by atoms with Gasteiger partial charge in [0.05, 0.1) is 40.2 Å². The Labute approximate surface area is 182 Å². The zero-order chi connectivity index (χ0) is 22.4. The molecule has 0 N–H and O–H groups in total. The number of rotatable bonds is 8. The SMILES string of the molecule is COc1ccc(N(CC(=O)N2CCOCC2)S(=O)(=O)c2ccc(OC)cc2OC)cc1. The Kier molecular flexibility index (Phi) is 7.24. The highest BCUT2D eigenvalue weighted by Gasteiger charge is 2.32. The molecular weight excluding hydrogens is 424 g/mol. The van der Waals surface area contributed by atoms with E-state index in [2.05, 4.69) is 0 Å². The van der Waals surface area contributed by atoms with Crippen molar-refractivity contribution in [3.63, 3.8) is 0 Å². The van der Waals surface area contributed by atoms with Gasteiger partial charge in [0.15, 0.2) is 0 Å². The minimum Gasteiger partial charge on any atom is -0.497 e. The molecule has 0 aromatic heterocycles. The second-order valence-corrected chi connectivity index (χ2v) is 8.55. The largest absolute Gasteiger partial charge is 0.497 e. The monoisotopic (exact) mass is 450 g/mol. The lowest BCUT2D eigenvalue weighted by molar-refractivity contribution is -0.133. The summed E-state index contributed by atoms with van der Waals surface area (Å²) in [6, 6.07) is 10.9. The van der Waals surface area contributed by atoms with Crippen LogP contribution >= 0.6 is 0 Å². The molecule has 1 aliphatic heterocycles. The molecule has 0 radical (unpaired) electrons. The number of hydrogen-bond acceptors (Lipinski definition) is 7. The van der Waals surface area contributed by atoms with Gasteiger partial charge in [-0.05, 0) is 36.4 Å². The Hall–Kier alpha value is -2.98. The molecule has 0 unspecified atom stereocenters. The Morgan fingerprint density at radius 2 is 1.58 bits per heavy atom. The Morgan fingerprint density at radius 1 is 0.968 bits per heavy atom. The van der Waals surface area contributed by atoms with Crippen LogP contribution in [0.25, 0.3) is 0 Å². The first kappa shape index (κ1) is 22.7. The average molecular weight is 451 g/mol. The number of benzene rings is 2. The van der Waals surface area contributed by atoms with Gasteiger partial charge in [0.1, 0.15) is 28.7 Å². The van der Waals surface area contributed by atoms with Crippen LogP contribution in [0, 0.1) is 0 Å². The molecule has 2 aromatic rings. The number of methoxy groups -OCH3 is 3. The molecule has 0 spiro atoms. The van der Waals surface area contributed by atoms with Gasteiger partial charge in [0.25, 0.3) is 10.0 Å². The first-order chi connectivity index (χ1) is 14.9. The third-order valence-corrected chi connectivity index (χ3v) is 6.76. The summed E-state index contributed by atoms with van der Waals surface area (Å²) in [6.07, 6.45) is 0. The third-order valence-electron chi connectivity index (χ3n) is 4.94. The molecule has 1 amide bonds. The van der Waals surface area contributed by atoms with Crippen LogP contribution in [0.1, 0.15) is 0 Å². The fourth-order valence-corrected chi connectivity index (χ4v) is 4.76. The molecule has 9 nitrogen and oxygen atoms in total. The van der Waals surface area contributed by atoms with E-state index in [0.717, 1.165) is 4.31 Å². The van der Waals surface area contributed by atoms with E-state index in [4.69, 9.17) is 18.9 Å². The lowest BCUT2D eigenvalue weighted by Crippen LogP contribution is -2.47. The fourth-order valence-electron chi connectivity index (χ4n) is 3.21. The third kappa shape index (κ3) is 5.02. The summed E-state index contributed by atoms with van der Waals surface area (Å²) in [7, 11) is 0.239. The summed E-state index contributed by atoms with van der Waals surface area (Å²) >= 11 is 0. The molecule has 3 rings (SSSR count). The molecule has 0 atom stereocenters. The van der Waals surface area contributed by atoms with Gasteiger partial charge in [-0.25, -0.2) is 8.42 Å². The molecule has 168 valence electrons. The van der Waals surface area contributed by atoms with Crippen molar-refractivity contribution < 1.29 is 32.2 Å². The summed E-state index contributed by atoms with van der Waals surface area (Å²) in [5, 5.41) is 0. The van der Waals surface area contributed by atoms with Crippen molar-refractivity contribution in [1.82, 2.24) is 4.90 Å². The second kappa shape index (κ2) is 9.88. The first-order valence-electron chi connectivity index (χ1n) is 9.65. The van der Waals surface area contributed by atoms with E-state index in [9.17, 15) is 13.2 Å². The van der Waals surface area contributed by atoms with Crippen LogP contribution in [0.5, 0.6) is 17.2 Å². The summed E-state index contributed by atoms with van der Waals surface area (Å²) in [5.41, 5.74) is 0.334. The van der Waals surface area contributed by atoms with E-state index in [1.807, 2.05) is 0 Å². The number of carbonyl (C=O) groups is 1. The van der Waals surface area contributed by atoms with Crippen LogP contribution in [-0.4, -0.2) is 73.4 Å². The van der Waals surface area contributed by atoms with E-state index < -0.39 is 10.0 Å². The topological polar surface area (TPSA) is 94.6 Å². The van der Waals surface area contributed by atoms with Gasteiger partial charge in [-0.1, -0.05) is 0 Å². The number of ether oxygens (including phenoxy) is 4. The summed E-state index contributed by atoms with van der Waals surface area (Å²) in [5.74, 6) is 0.839. The van der Waals surface area contributed by atoms with Crippen molar-refractivity contribution in [3.8, 4) is 17.2 Å². The molecule has 1 fully saturated rings. The quantitative estimate of drug-likeness (QED) is 0.605. The van der Waals surface area contributed by atoms with Gasteiger partial charge >= 0.3 is 0 Å². The van der Waals surface area contributed by atoms with Crippen LogP contribution in [0.3, 0.4) is 0 Å². The molecule has 0 bridgehead atoms. The Balaban J connectivity index is 2.02. The summed E-state index contributed by atoms with van der Waals surface area (Å²) in [6.45, 7) is 1.33. The zero-order valence-electron chi connectivity index (χ0n) is 17.7. The summed E-state index contributed by atoms with van der Waals surface area (Å²) in [4.78, 5) is 14.5. The maximum absolute atomic E-state index is 13.7. The van der Waals surface area contributed by atoms with Crippen molar-refractivity contribution in [3.05, 3.63) is 42.5 Å². The lowest BCUT2D eigenvalue weighted by atomic mass is 10.3. The van der Waals surface area contributed by atoms with Gasteiger partial charge in [0, 0.05) is 19.2 Å². The number of anilines is 1. The van der Waals surface area contributed by atoms with Crippen LogP contribution in [-0.2, 0) is 19.6 Å². The van der Waals surface area contributed by atoms with E-state index in [1.54, 1.807) is 29.2 Å². The van der Waals surface area contributed by atoms with Crippen LogP contribution in [0.15, 0.2) is 47.4 Å². The number of sulfonamides is 1. The molecule has 2 aromatic carbocycles.